The topological polar surface area (TPSA) is 81.7 Å². The number of Topliss-reactive ketones (excluding diaryl/α,β-unsaturated/α-hetero) is 1. The van der Waals surface area contributed by atoms with Crippen molar-refractivity contribution < 1.29 is 28.6 Å². The summed E-state index contributed by atoms with van der Waals surface area (Å²) >= 11 is 0. The first-order valence-corrected chi connectivity index (χ1v) is 13.4. The molecular formula is C28H44FNO5. The van der Waals surface area contributed by atoms with E-state index in [2.05, 4.69) is 17.2 Å². The molecule has 1 atom stereocenters. The molecule has 6 nitrogen and oxygen atoms in total. The number of carbonyl (C=O) groups excluding carboxylic acids is 3. The fourth-order valence-corrected chi connectivity index (χ4v) is 4.05. The molecule has 0 spiro atoms. The zero-order chi connectivity index (χ0) is 25.7. The Balaban J connectivity index is 2.18. The van der Waals surface area contributed by atoms with Crippen molar-refractivity contribution in [3.63, 3.8) is 0 Å². The molecule has 0 saturated heterocycles. The van der Waals surface area contributed by atoms with E-state index in [1.165, 1.54) is 103 Å². The van der Waals surface area contributed by atoms with Gasteiger partial charge in [0.2, 0.25) is 5.92 Å². The third kappa shape index (κ3) is 13.3. The minimum Gasteiger partial charge on any atom is -0.465 e. The maximum absolute atomic E-state index is 12.5. The van der Waals surface area contributed by atoms with E-state index in [-0.39, 0.29) is 12.2 Å². The molecule has 0 aromatic heterocycles. The second-order valence-corrected chi connectivity index (χ2v) is 9.05. The monoisotopic (exact) mass is 493 g/mol. The zero-order valence-corrected chi connectivity index (χ0v) is 21.6. The molecule has 0 fully saturated rings. The Bertz CT molecular complexity index is 723. The summed E-state index contributed by atoms with van der Waals surface area (Å²) in [6.45, 7) is 4.57. The van der Waals surface area contributed by atoms with Crippen LogP contribution in [0, 0.1) is 5.92 Å². The molecule has 1 unspecified atom stereocenters. The summed E-state index contributed by atoms with van der Waals surface area (Å²) in [5.41, 5.74) is 0.937. The van der Waals surface area contributed by atoms with E-state index in [9.17, 15) is 18.9 Å². The van der Waals surface area contributed by atoms with Gasteiger partial charge in [0.05, 0.1) is 6.61 Å². The van der Waals surface area contributed by atoms with Crippen LogP contribution in [0.15, 0.2) is 24.3 Å². The fourth-order valence-electron chi connectivity index (χ4n) is 4.05. The number of carbonyl (C=O) groups is 3. The minimum atomic E-state index is -1.96. The second kappa shape index (κ2) is 19.8. The normalized spacial score (nSPS) is 11.6. The van der Waals surface area contributed by atoms with Gasteiger partial charge in [-0.2, -0.15) is 0 Å². The van der Waals surface area contributed by atoms with Crippen molar-refractivity contribution in [2.75, 3.05) is 18.5 Å². The van der Waals surface area contributed by atoms with Gasteiger partial charge >= 0.3 is 11.9 Å². The Labute approximate surface area is 210 Å². The van der Waals surface area contributed by atoms with Gasteiger partial charge in [-0.05, 0) is 37.6 Å². The maximum atomic E-state index is 12.5. The first kappa shape index (κ1) is 30.6. The molecule has 0 bridgehead atoms. The van der Waals surface area contributed by atoms with Crippen LogP contribution < -0.4 is 5.32 Å². The number of hydrogen-bond acceptors (Lipinski definition) is 6. The van der Waals surface area contributed by atoms with Crippen LogP contribution in [0.25, 0.3) is 0 Å². The maximum Gasteiger partial charge on any atom is 0.370 e. The Hall–Kier alpha value is -2.44. The van der Waals surface area contributed by atoms with Gasteiger partial charge in [-0.3, -0.25) is 14.5 Å². The van der Waals surface area contributed by atoms with Gasteiger partial charge in [-0.15, -0.1) is 0 Å². The number of nitrogens with one attached hydrogen (secondary N) is 1. The number of unbranched alkanes of at least 4 members (excludes halogenated alkanes) is 13. The predicted octanol–water partition coefficient (Wildman–Crippen LogP) is 7.37. The summed E-state index contributed by atoms with van der Waals surface area (Å²) in [5.74, 6) is -5.52. The van der Waals surface area contributed by atoms with Crippen molar-refractivity contribution >= 4 is 23.4 Å². The van der Waals surface area contributed by atoms with Gasteiger partial charge in [-0.25, -0.2) is 4.79 Å². The SMILES string of the molecule is CCCCCCCCCCCCCCCCNc1ccc(C(=O)C(C(=O)OF)C(=O)OCC)cc1. The summed E-state index contributed by atoms with van der Waals surface area (Å²) in [6, 6.07) is 6.38. The zero-order valence-electron chi connectivity index (χ0n) is 21.6. The average molecular weight is 494 g/mol. The second-order valence-electron chi connectivity index (χ2n) is 9.05. The van der Waals surface area contributed by atoms with Crippen molar-refractivity contribution in [3.05, 3.63) is 29.8 Å². The van der Waals surface area contributed by atoms with E-state index in [4.69, 9.17) is 4.74 Å². The number of ether oxygens (including phenoxy) is 1. The van der Waals surface area contributed by atoms with Crippen molar-refractivity contribution in [1.29, 1.82) is 0 Å². The van der Waals surface area contributed by atoms with E-state index in [1.54, 1.807) is 12.1 Å². The molecule has 198 valence electrons. The van der Waals surface area contributed by atoms with E-state index < -0.39 is 23.6 Å². The first-order chi connectivity index (χ1) is 17.0. The quantitative estimate of drug-likeness (QED) is 0.0833. The van der Waals surface area contributed by atoms with Crippen molar-refractivity contribution in [2.45, 2.75) is 104 Å². The van der Waals surface area contributed by atoms with Crippen molar-refractivity contribution in [2.24, 2.45) is 5.92 Å². The Morgan fingerprint density at radius 1 is 0.743 bits per heavy atom. The summed E-state index contributed by atoms with van der Waals surface area (Å²) in [7, 11) is 0. The largest absolute Gasteiger partial charge is 0.465 e. The number of anilines is 1. The third-order valence-electron chi connectivity index (χ3n) is 6.13. The molecule has 35 heavy (non-hydrogen) atoms. The number of rotatable bonds is 21. The first-order valence-electron chi connectivity index (χ1n) is 13.4. The lowest BCUT2D eigenvalue weighted by Gasteiger charge is -2.12. The highest BCUT2D eigenvalue weighted by molar-refractivity contribution is 6.20. The molecule has 1 aromatic carbocycles. The van der Waals surface area contributed by atoms with Crippen LogP contribution in [0.1, 0.15) is 114 Å². The number of esters is 1. The Morgan fingerprint density at radius 2 is 1.23 bits per heavy atom. The van der Waals surface area contributed by atoms with E-state index in [1.807, 2.05) is 0 Å². The lowest BCUT2D eigenvalue weighted by molar-refractivity contribution is -0.190. The van der Waals surface area contributed by atoms with Gasteiger partial charge in [0.25, 0.3) is 0 Å². The van der Waals surface area contributed by atoms with Crippen LogP contribution in [0.5, 0.6) is 0 Å². The Kier molecular flexibility index (Phi) is 17.3. The molecule has 0 heterocycles. The smallest absolute Gasteiger partial charge is 0.370 e. The van der Waals surface area contributed by atoms with Gasteiger partial charge < -0.3 is 10.1 Å². The van der Waals surface area contributed by atoms with Gasteiger partial charge in [0.15, 0.2) is 5.78 Å². The predicted molar refractivity (Wildman–Crippen MR) is 137 cm³/mol. The van der Waals surface area contributed by atoms with Crippen LogP contribution in [0.3, 0.4) is 0 Å². The lowest BCUT2D eigenvalue weighted by Crippen LogP contribution is -2.34. The van der Waals surface area contributed by atoms with Gasteiger partial charge in [-0.1, -0.05) is 90.4 Å². The fraction of sp³-hybridized carbons (Fsp3) is 0.679. The number of ketones is 1. The minimum absolute atomic E-state index is 0.0374. The molecule has 1 aromatic rings. The standard InChI is InChI=1S/C28H44FNO5/c1-3-5-6-7-8-9-10-11-12-13-14-15-16-17-22-30-24-20-18-23(19-21-24)26(31)25(28(33)35-29)27(32)34-4-2/h18-21,25,30H,3-17,22H2,1-2H3. The van der Waals surface area contributed by atoms with Crippen LogP contribution in [0.4, 0.5) is 10.2 Å². The van der Waals surface area contributed by atoms with Crippen molar-refractivity contribution in [3.8, 4) is 0 Å². The summed E-state index contributed by atoms with van der Waals surface area (Å²) in [6.07, 6.45) is 18.5. The van der Waals surface area contributed by atoms with Crippen LogP contribution >= 0.6 is 0 Å². The highest BCUT2D eigenvalue weighted by Gasteiger charge is 2.38. The number of halogens is 1. The van der Waals surface area contributed by atoms with Gasteiger partial charge in [0.1, 0.15) is 0 Å². The van der Waals surface area contributed by atoms with E-state index >= 15 is 0 Å². The highest BCUT2D eigenvalue weighted by Crippen LogP contribution is 2.17. The molecule has 1 rings (SSSR count). The van der Waals surface area contributed by atoms with E-state index in [0.717, 1.165) is 18.7 Å². The molecule has 7 heteroatoms. The third-order valence-corrected chi connectivity index (χ3v) is 6.13. The molecule has 1 N–H and O–H groups in total. The molecular weight excluding hydrogens is 449 g/mol. The summed E-state index contributed by atoms with van der Waals surface area (Å²) in [4.78, 5) is 39.0. The molecule has 0 aliphatic rings. The van der Waals surface area contributed by atoms with Crippen LogP contribution in [-0.2, 0) is 19.3 Å². The molecule has 0 saturated carbocycles. The lowest BCUT2D eigenvalue weighted by atomic mass is 9.97. The van der Waals surface area contributed by atoms with Crippen LogP contribution in [-0.4, -0.2) is 30.9 Å². The van der Waals surface area contributed by atoms with Crippen LogP contribution in [0.2, 0.25) is 0 Å². The number of benzene rings is 1. The van der Waals surface area contributed by atoms with Crippen molar-refractivity contribution in [1.82, 2.24) is 0 Å². The highest BCUT2D eigenvalue weighted by atomic mass is 19.3. The molecule has 0 aliphatic heterocycles. The molecule has 0 amide bonds. The number of hydrogen-bond donors (Lipinski definition) is 1. The van der Waals surface area contributed by atoms with E-state index in [0.29, 0.717) is 0 Å². The van der Waals surface area contributed by atoms with Gasteiger partial charge in [0, 0.05) is 22.3 Å². The summed E-state index contributed by atoms with van der Waals surface area (Å²) < 4.78 is 17.0. The summed E-state index contributed by atoms with van der Waals surface area (Å²) in [5, 5.41) is 3.31. The molecule has 0 aliphatic carbocycles. The molecule has 0 radical (unpaired) electrons. The Morgan fingerprint density at radius 3 is 1.69 bits per heavy atom. The average Bonchev–Trinajstić information content (AvgIpc) is 2.86.